The fraction of sp³-hybridized carbons (Fsp3) is 0.421. The highest BCUT2D eigenvalue weighted by Crippen LogP contribution is 2.46. The zero-order chi connectivity index (χ0) is 18.7. The topological polar surface area (TPSA) is 64.6 Å². The van der Waals surface area contributed by atoms with E-state index in [1.807, 2.05) is 32.9 Å². The molecule has 1 amide bonds. The Bertz CT molecular complexity index is 805. The maximum atomic E-state index is 12.3. The molecule has 1 fully saturated rings. The first-order valence-corrected chi connectivity index (χ1v) is 9.18. The molecule has 26 heavy (non-hydrogen) atoms. The van der Waals surface area contributed by atoms with Crippen molar-refractivity contribution in [3.63, 3.8) is 0 Å². The van der Waals surface area contributed by atoms with Gasteiger partial charge in [0.1, 0.15) is 5.75 Å². The molecule has 2 aromatic rings. The molecule has 0 bridgehead atoms. The van der Waals surface area contributed by atoms with Crippen molar-refractivity contribution in [2.45, 2.75) is 39.5 Å². The molecule has 0 N–H and O–H groups in total. The molecular weight excluding hydrogens is 354 g/mol. The number of carbonyl (C=O) groups excluding carboxylic acids is 1. The van der Waals surface area contributed by atoms with Crippen LogP contribution >= 0.6 is 11.6 Å². The van der Waals surface area contributed by atoms with Crippen LogP contribution in [0.4, 0.5) is 4.79 Å². The number of amides is 1. The van der Waals surface area contributed by atoms with Crippen LogP contribution in [0.25, 0.3) is 0 Å². The van der Waals surface area contributed by atoms with Crippen LogP contribution in [0, 0.1) is 6.92 Å². The third-order valence-corrected chi connectivity index (χ3v) is 4.56. The maximum Gasteiger partial charge on any atom is 0.415 e. The third kappa shape index (κ3) is 4.07. The number of halogens is 1. The van der Waals surface area contributed by atoms with Gasteiger partial charge in [0, 0.05) is 19.2 Å². The Balaban J connectivity index is 1.91. The Morgan fingerprint density at radius 2 is 2.00 bits per heavy atom. The molecule has 1 aliphatic rings. The van der Waals surface area contributed by atoms with E-state index in [1.54, 1.807) is 4.90 Å². The van der Waals surface area contributed by atoms with Crippen LogP contribution in [0.2, 0.25) is 5.15 Å². The molecule has 0 atom stereocenters. The summed E-state index contributed by atoms with van der Waals surface area (Å²) in [5.74, 6) is 1.54. The molecule has 0 aliphatic heterocycles. The number of para-hydroxylation sites is 1. The first kappa shape index (κ1) is 18.5. The van der Waals surface area contributed by atoms with Gasteiger partial charge in [-0.15, -0.1) is 10.2 Å². The molecule has 1 saturated carbocycles. The first-order valence-electron chi connectivity index (χ1n) is 8.80. The van der Waals surface area contributed by atoms with Gasteiger partial charge in [0.2, 0.25) is 0 Å². The largest absolute Gasteiger partial charge is 0.434 e. The van der Waals surface area contributed by atoms with Crippen molar-refractivity contribution in [2.75, 3.05) is 13.1 Å². The molecule has 1 aliphatic carbocycles. The fourth-order valence-corrected chi connectivity index (χ4v) is 2.89. The molecular formula is C19H22ClN3O3. The number of benzene rings is 1. The number of aryl methyl sites for hydroxylation is 1. The normalized spacial score (nSPS) is 13.4. The average Bonchev–Trinajstić information content (AvgIpc) is 3.44. The summed E-state index contributed by atoms with van der Waals surface area (Å²) >= 11 is 5.94. The van der Waals surface area contributed by atoms with Gasteiger partial charge in [0.25, 0.3) is 5.88 Å². The van der Waals surface area contributed by atoms with Crippen molar-refractivity contribution >= 4 is 17.7 Å². The number of nitrogens with zero attached hydrogens (tertiary/aromatic N) is 3. The molecule has 0 saturated heterocycles. The highest BCUT2D eigenvalue weighted by Gasteiger charge is 2.28. The van der Waals surface area contributed by atoms with Crippen LogP contribution in [0.15, 0.2) is 24.3 Å². The summed E-state index contributed by atoms with van der Waals surface area (Å²) in [6.07, 6.45) is 1.82. The summed E-state index contributed by atoms with van der Waals surface area (Å²) in [7, 11) is 0. The first-order chi connectivity index (χ1) is 12.5. The van der Waals surface area contributed by atoms with E-state index >= 15 is 0 Å². The fourth-order valence-electron chi connectivity index (χ4n) is 2.75. The van der Waals surface area contributed by atoms with Gasteiger partial charge in [-0.05, 0) is 50.7 Å². The zero-order valence-corrected chi connectivity index (χ0v) is 15.9. The van der Waals surface area contributed by atoms with Crippen LogP contribution in [0.5, 0.6) is 17.4 Å². The number of hydrogen-bond acceptors (Lipinski definition) is 5. The van der Waals surface area contributed by atoms with Gasteiger partial charge in [-0.3, -0.25) is 0 Å². The second-order valence-electron chi connectivity index (χ2n) is 6.25. The van der Waals surface area contributed by atoms with E-state index in [-0.39, 0.29) is 16.8 Å². The van der Waals surface area contributed by atoms with Crippen molar-refractivity contribution in [1.29, 1.82) is 0 Å². The molecule has 138 valence electrons. The average molecular weight is 376 g/mol. The van der Waals surface area contributed by atoms with Crippen LogP contribution in [0.1, 0.15) is 43.7 Å². The minimum absolute atomic E-state index is 0.131. The van der Waals surface area contributed by atoms with Gasteiger partial charge in [0.05, 0.1) is 0 Å². The zero-order valence-electron chi connectivity index (χ0n) is 15.2. The van der Waals surface area contributed by atoms with E-state index < -0.39 is 6.09 Å². The highest BCUT2D eigenvalue weighted by atomic mass is 35.5. The Hall–Kier alpha value is -2.34. The summed E-state index contributed by atoms with van der Waals surface area (Å²) in [5, 5.41) is 7.96. The maximum absolute atomic E-state index is 12.3. The standard InChI is InChI=1S/C19H22ClN3O3/c1-4-23(5-2)19(24)25-15-11-16(20)21-22-18(15)26-17-12(3)7-6-8-14(17)13-9-10-13/h6-8,11,13H,4-5,9-10H2,1-3H3. The number of aromatic nitrogens is 2. The number of carbonyl (C=O) groups is 1. The van der Waals surface area contributed by atoms with Crippen molar-refractivity contribution in [2.24, 2.45) is 0 Å². The van der Waals surface area contributed by atoms with Crippen LogP contribution in [0.3, 0.4) is 0 Å². The summed E-state index contributed by atoms with van der Waals surface area (Å²) in [6.45, 7) is 6.83. The Morgan fingerprint density at radius 3 is 2.65 bits per heavy atom. The van der Waals surface area contributed by atoms with E-state index in [1.165, 1.54) is 6.07 Å². The van der Waals surface area contributed by atoms with Gasteiger partial charge in [-0.25, -0.2) is 4.79 Å². The molecule has 0 spiro atoms. The quantitative estimate of drug-likeness (QED) is 0.714. The SMILES string of the molecule is CCN(CC)C(=O)Oc1cc(Cl)nnc1Oc1c(C)cccc1C1CC1. The Morgan fingerprint density at radius 1 is 1.27 bits per heavy atom. The second kappa shape index (κ2) is 7.91. The lowest BCUT2D eigenvalue weighted by atomic mass is 10.1. The Kier molecular flexibility index (Phi) is 5.61. The molecule has 3 rings (SSSR count). The highest BCUT2D eigenvalue weighted by molar-refractivity contribution is 6.29. The van der Waals surface area contributed by atoms with Crippen LogP contribution < -0.4 is 9.47 Å². The van der Waals surface area contributed by atoms with Crippen molar-refractivity contribution in [3.8, 4) is 17.4 Å². The lowest BCUT2D eigenvalue weighted by molar-refractivity contribution is 0.155. The number of rotatable bonds is 6. The van der Waals surface area contributed by atoms with Gasteiger partial charge in [0.15, 0.2) is 10.9 Å². The molecule has 7 heteroatoms. The summed E-state index contributed by atoms with van der Waals surface area (Å²) in [5.41, 5.74) is 2.13. The van der Waals surface area contributed by atoms with E-state index in [9.17, 15) is 4.79 Å². The number of hydrogen-bond donors (Lipinski definition) is 0. The minimum Gasteiger partial charge on any atom is -0.434 e. The van der Waals surface area contributed by atoms with E-state index in [4.69, 9.17) is 21.1 Å². The Labute approximate surface area is 158 Å². The summed E-state index contributed by atoms with van der Waals surface area (Å²) < 4.78 is 11.5. The summed E-state index contributed by atoms with van der Waals surface area (Å²) in [4.78, 5) is 13.9. The van der Waals surface area contributed by atoms with Crippen molar-refractivity contribution in [3.05, 3.63) is 40.5 Å². The van der Waals surface area contributed by atoms with E-state index in [0.29, 0.717) is 19.0 Å². The predicted molar refractivity (Wildman–Crippen MR) is 99.2 cm³/mol. The smallest absolute Gasteiger partial charge is 0.415 e. The molecule has 0 radical (unpaired) electrons. The molecule has 1 heterocycles. The predicted octanol–water partition coefficient (Wildman–Crippen LogP) is 4.95. The van der Waals surface area contributed by atoms with Crippen molar-refractivity contribution < 1.29 is 14.3 Å². The van der Waals surface area contributed by atoms with E-state index in [2.05, 4.69) is 16.3 Å². The van der Waals surface area contributed by atoms with Crippen LogP contribution in [-0.4, -0.2) is 34.3 Å². The van der Waals surface area contributed by atoms with Gasteiger partial charge in [-0.2, -0.15) is 0 Å². The lowest BCUT2D eigenvalue weighted by Crippen LogP contribution is -2.33. The number of ether oxygens (including phenoxy) is 2. The lowest BCUT2D eigenvalue weighted by Gasteiger charge is -2.19. The molecule has 1 aromatic carbocycles. The molecule has 1 aromatic heterocycles. The minimum atomic E-state index is -0.476. The van der Waals surface area contributed by atoms with Gasteiger partial charge < -0.3 is 14.4 Å². The van der Waals surface area contributed by atoms with E-state index in [0.717, 1.165) is 29.7 Å². The van der Waals surface area contributed by atoms with Gasteiger partial charge in [-0.1, -0.05) is 29.8 Å². The van der Waals surface area contributed by atoms with Crippen molar-refractivity contribution in [1.82, 2.24) is 15.1 Å². The molecule has 6 nitrogen and oxygen atoms in total. The van der Waals surface area contributed by atoms with Gasteiger partial charge >= 0.3 is 6.09 Å². The summed E-state index contributed by atoms with van der Waals surface area (Å²) in [6, 6.07) is 7.50. The third-order valence-electron chi connectivity index (χ3n) is 4.37. The second-order valence-corrected chi connectivity index (χ2v) is 6.63. The molecule has 0 unspecified atom stereocenters. The monoisotopic (exact) mass is 375 g/mol. The van der Waals surface area contributed by atoms with Crippen LogP contribution in [-0.2, 0) is 0 Å².